The van der Waals surface area contributed by atoms with Gasteiger partial charge in [-0.15, -0.1) is 0 Å². The van der Waals surface area contributed by atoms with Crippen LogP contribution in [0, 0.1) is 12.3 Å². The van der Waals surface area contributed by atoms with Gasteiger partial charge in [-0.2, -0.15) is 5.10 Å². The number of hydrogen-bond donors (Lipinski definition) is 2. The second kappa shape index (κ2) is 4.79. The molecule has 1 aliphatic carbocycles. The van der Waals surface area contributed by atoms with E-state index in [2.05, 4.69) is 22.4 Å². The molecule has 19 heavy (non-hydrogen) atoms. The minimum Gasteiger partial charge on any atom is -0.350 e. The third kappa shape index (κ3) is 2.92. The standard InChI is InChI=1S/C11H16ClN3O3S/c1-7-9(19(12,17)18)8(15-14-7)10(16)13-6-11(2)4-3-5-11/h3-6H2,1-2H3,(H,13,16)(H,14,15). The highest BCUT2D eigenvalue weighted by Gasteiger charge is 2.33. The van der Waals surface area contributed by atoms with E-state index in [1.165, 1.54) is 6.92 Å². The summed E-state index contributed by atoms with van der Waals surface area (Å²) in [6, 6.07) is 0. The third-order valence-electron chi connectivity index (χ3n) is 3.59. The Hall–Kier alpha value is -1.08. The maximum Gasteiger partial charge on any atom is 0.273 e. The molecule has 1 aromatic heterocycles. The van der Waals surface area contributed by atoms with E-state index in [0.29, 0.717) is 6.54 Å². The molecule has 1 aliphatic rings. The van der Waals surface area contributed by atoms with Crippen molar-refractivity contribution in [2.24, 2.45) is 5.41 Å². The second-order valence-corrected chi connectivity index (χ2v) is 7.81. The van der Waals surface area contributed by atoms with E-state index in [9.17, 15) is 13.2 Å². The van der Waals surface area contributed by atoms with E-state index >= 15 is 0 Å². The van der Waals surface area contributed by atoms with E-state index in [0.717, 1.165) is 19.3 Å². The van der Waals surface area contributed by atoms with Crippen LogP contribution in [0.5, 0.6) is 0 Å². The Morgan fingerprint density at radius 2 is 2.16 bits per heavy atom. The zero-order chi connectivity index (χ0) is 14.3. The van der Waals surface area contributed by atoms with Gasteiger partial charge in [0, 0.05) is 17.2 Å². The Labute approximate surface area is 116 Å². The van der Waals surface area contributed by atoms with Crippen LogP contribution >= 0.6 is 10.7 Å². The summed E-state index contributed by atoms with van der Waals surface area (Å²) < 4.78 is 22.9. The maximum absolute atomic E-state index is 12.0. The largest absolute Gasteiger partial charge is 0.350 e. The van der Waals surface area contributed by atoms with Gasteiger partial charge in [-0.05, 0) is 25.2 Å². The fourth-order valence-electron chi connectivity index (χ4n) is 2.21. The van der Waals surface area contributed by atoms with Gasteiger partial charge in [-0.25, -0.2) is 8.42 Å². The van der Waals surface area contributed by atoms with Gasteiger partial charge in [0.15, 0.2) is 5.69 Å². The van der Waals surface area contributed by atoms with Crippen molar-refractivity contribution in [3.63, 3.8) is 0 Å². The van der Waals surface area contributed by atoms with Gasteiger partial charge < -0.3 is 5.32 Å². The number of aromatic amines is 1. The molecule has 0 aromatic carbocycles. The molecule has 8 heteroatoms. The van der Waals surface area contributed by atoms with Crippen LogP contribution in [0.25, 0.3) is 0 Å². The summed E-state index contributed by atoms with van der Waals surface area (Å²) in [6.07, 6.45) is 3.29. The second-order valence-electron chi connectivity index (χ2n) is 5.31. The lowest BCUT2D eigenvalue weighted by Gasteiger charge is -2.38. The molecule has 1 aromatic rings. The summed E-state index contributed by atoms with van der Waals surface area (Å²) in [5, 5.41) is 8.92. The summed E-state index contributed by atoms with van der Waals surface area (Å²) >= 11 is 0. The predicted octanol–water partition coefficient (Wildman–Crippen LogP) is 1.57. The summed E-state index contributed by atoms with van der Waals surface area (Å²) in [6.45, 7) is 4.11. The molecule has 106 valence electrons. The number of rotatable bonds is 4. The first-order valence-electron chi connectivity index (χ1n) is 6.01. The van der Waals surface area contributed by atoms with Gasteiger partial charge in [0.1, 0.15) is 4.90 Å². The number of nitrogens with one attached hydrogen (secondary N) is 2. The maximum atomic E-state index is 12.0. The Bertz CT molecular complexity index is 605. The van der Waals surface area contributed by atoms with Crippen LogP contribution < -0.4 is 5.32 Å². The Balaban J connectivity index is 2.16. The average molecular weight is 306 g/mol. The zero-order valence-corrected chi connectivity index (χ0v) is 12.4. The molecule has 2 N–H and O–H groups in total. The van der Waals surface area contributed by atoms with Crippen molar-refractivity contribution >= 4 is 25.6 Å². The van der Waals surface area contributed by atoms with Crippen molar-refractivity contribution in [3.8, 4) is 0 Å². The number of aryl methyl sites for hydroxylation is 1. The van der Waals surface area contributed by atoms with Gasteiger partial charge >= 0.3 is 0 Å². The molecule has 0 unspecified atom stereocenters. The summed E-state index contributed by atoms with van der Waals surface area (Å²) in [5.41, 5.74) is 0.200. The van der Waals surface area contributed by atoms with Crippen LogP contribution in [-0.4, -0.2) is 31.1 Å². The third-order valence-corrected chi connectivity index (χ3v) is 5.04. The topological polar surface area (TPSA) is 91.9 Å². The van der Waals surface area contributed by atoms with Crippen molar-refractivity contribution in [3.05, 3.63) is 11.4 Å². The lowest BCUT2D eigenvalue weighted by molar-refractivity contribution is 0.0882. The van der Waals surface area contributed by atoms with E-state index in [-0.39, 0.29) is 21.7 Å². The molecule has 1 amide bonds. The molecule has 1 saturated carbocycles. The van der Waals surface area contributed by atoms with Crippen LogP contribution in [0.15, 0.2) is 4.90 Å². The van der Waals surface area contributed by atoms with Crippen LogP contribution in [0.2, 0.25) is 0 Å². The first kappa shape index (κ1) is 14.3. The molecule has 0 saturated heterocycles. The number of carbonyl (C=O) groups excluding carboxylic acids is 1. The Morgan fingerprint density at radius 3 is 2.63 bits per heavy atom. The lowest BCUT2D eigenvalue weighted by atomic mass is 9.70. The van der Waals surface area contributed by atoms with Gasteiger partial charge in [0.2, 0.25) is 0 Å². The van der Waals surface area contributed by atoms with Gasteiger partial charge in [0.25, 0.3) is 15.0 Å². The number of hydrogen-bond acceptors (Lipinski definition) is 4. The van der Waals surface area contributed by atoms with Gasteiger partial charge in [-0.1, -0.05) is 13.3 Å². The van der Waals surface area contributed by atoms with Crippen molar-refractivity contribution in [2.75, 3.05) is 6.54 Å². The van der Waals surface area contributed by atoms with Crippen LogP contribution in [0.4, 0.5) is 0 Å². The number of aromatic nitrogens is 2. The van der Waals surface area contributed by atoms with Crippen molar-refractivity contribution in [2.45, 2.75) is 38.0 Å². The first-order valence-corrected chi connectivity index (χ1v) is 8.32. The number of halogens is 1. The monoisotopic (exact) mass is 305 g/mol. The van der Waals surface area contributed by atoms with Crippen molar-refractivity contribution < 1.29 is 13.2 Å². The highest BCUT2D eigenvalue weighted by molar-refractivity contribution is 8.13. The lowest BCUT2D eigenvalue weighted by Crippen LogP contribution is -2.40. The molecule has 2 rings (SSSR count). The molecular weight excluding hydrogens is 290 g/mol. The van der Waals surface area contributed by atoms with Crippen molar-refractivity contribution in [1.82, 2.24) is 15.5 Å². The smallest absolute Gasteiger partial charge is 0.273 e. The summed E-state index contributed by atoms with van der Waals surface area (Å²) in [4.78, 5) is 11.8. The first-order chi connectivity index (χ1) is 8.73. The Morgan fingerprint density at radius 1 is 1.53 bits per heavy atom. The molecule has 0 spiro atoms. The van der Waals surface area contributed by atoms with E-state index < -0.39 is 15.0 Å². The number of carbonyl (C=O) groups is 1. The highest BCUT2D eigenvalue weighted by Crippen LogP contribution is 2.39. The fourth-order valence-corrected chi connectivity index (χ4v) is 3.55. The minimum absolute atomic E-state index is 0.112. The van der Waals surface area contributed by atoms with Gasteiger partial charge in [0.05, 0.1) is 5.69 Å². The molecular formula is C11H16ClN3O3S. The zero-order valence-electron chi connectivity index (χ0n) is 10.8. The van der Waals surface area contributed by atoms with Crippen LogP contribution in [0.1, 0.15) is 42.4 Å². The molecule has 1 fully saturated rings. The minimum atomic E-state index is -3.99. The van der Waals surface area contributed by atoms with Crippen LogP contribution in [-0.2, 0) is 9.05 Å². The van der Waals surface area contributed by atoms with Crippen molar-refractivity contribution in [1.29, 1.82) is 0 Å². The Kier molecular flexibility index (Phi) is 3.61. The number of amides is 1. The summed E-state index contributed by atoms with van der Waals surface area (Å²) in [7, 11) is 1.32. The predicted molar refractivity (Wildman–Crippen MR) is 70.7 cm³/mol. The number of nitrogens with zero attached hydrogens (tertiary/aromatic N) is 1. The van der Waals surface area contributed by atoms with Gasteiger partial charge in [-0.3, -0.25) is 9.89 Å². The highest BCUT2D eigenvalue weighted by atomic mass is 35.7. The molecule has 6 nitrogen and oxygen atoms in total. The van der Waals surface area contributed by atoms with E-state index in [4.69, 9.17) is 10.7 Å². The molecule has 0 atom stereocenters. The molecule has 0 radical (unpaired) electrons. The van der Waals surface area contributed by atoms with Crippen LogP contribution in [0.3, 0.4) is 0 Å². The summed E-state index contributed by atoms with van der Waals surface area (Å²) in [5.74, 6) is -0.517. The quantitative estimate of drug-likeness (QED) is 0.826. The average Bonchev–Trinajstić information content (AvgIpc) is 2.65. The fraction of sp³-hybridized carbons (Fsp3) is 0.636. The molecule has 1 heterocycles. The molecule has 0 aliphatic heterocycles. The van der Waals surface area contributed by atoms with E-state index in [1.54, 1.807) is 0 Å². The number of H-pyrrole nitrogens is 1. The SMILES string of the molecule is Cc1[nH]nc(C(=O)NCC2(C)CCC2)c1S(=O)(=O)Cl. The normalized spacial score (nSPS) is 17.8. The van der Waals surface area contributed by atoms with E-state index in [1.807, 2.05) is 0 Å². The molecule has 0 bridgehead atoms.